The highest BCUT2D eigenvalue weighted by atomic mass is 35.5. The van der Waals surface area contributed by atoms with Crippen molar-refractivity contribution < 1.29 is 9.59 Å². The fourth-order valence-corrected chi connectivity index (χ4v) is 3.71. The van der Waals surface area contributed by atoms with Gasteiger partial charge in [0.15, 0.2) is 0 Å². The summed E-state index contributed by atoms with van der Waals surface area (Å²) in [6.07, 6.45) is 0.713. The van der Waals surface area contributed by atoms with E-state index in [1.807, 2.05) is 50.2 Å². The second-order valence-corrected chi connectivity index (χ2v) is 7.46. The standard InChI is InChI=1S/C22H21ClN4O2/c1-3-17-20(14-7-5-4-6-8-14)21-25-22(29)18(27(21)26-17)12-19(28)24-15-10-9-13(2)16(23)11-15/h4-11,18H,3,12H2,1-2H3,(H,24,28)(H,25,29). The lowest BCUT2D eigenvalue weighted by Crippen LogP contribution is -2.24. The fraction of sp³-hybridized carbons (Fsp3) is 0.227. The van der Waals surface area contributed by atoms with Crippen molar-refractivity contribution in [3.05, 3.63) is 64.8 Å². The van der Waals surface area contributed by atoms with Gasteiger partial charge in [-0.1, -0.05) is 54.9 Å². The van der Waals surface area contributed by atoms with Crippen LogP contribution in [0.15, 0.2) is 48.5 Å². The van der Waals surface area contributed by atoms with Gasteiger partial charge in [-0.3, -0.25) is 9.59 Å². The highest BCUT2D eigenvalue weighted by Gasteiger charge is 2.36. The smallest absolute Gasteiger partial charge is 0.251 e. The maximum absolute atomic E-state index is 12.6. The quantitative estimate of drug-likeness (QED) is 0.648. The summed E-state index contributed by atoms with van der Waals surface area (Å²) in [7, 11) is 0. The molecule has 6 nitrogen and oxygen atoms in total. The first-order valence-electron chi connectivity index (χ1n) is 9.51. The van der Waals surface area contributed by atoms with Gasteiger partial charge in [0.25, 0.3) is 5.91 Å². The number of aryl methyl sites for hydroxylation is 2. The van der Waals surface area contributed by atoms with Gasteiger partial charge in [-0.15, -0.1) is 0 Å². The van der Waals surface area contributed by atoms with Gasteiger partial charge >= 0.3 is 0 Å². The minimum absolute atomic E-state index is 0.0105. The number of hydrogen-bond donors (Lipinski definition) is 2. The minimum atomic E-state index is -0.686. The highest BCUT2D eigenvalue weighted by Crippen LogP contribution is 2.38. The molecule has 7 heteroatoms. The van der Waals surface area contributed by atoms with Crippen molar-refractivity contribution in [3.63, 3.8) is 0 Å². The zero-order valence-electron chi connectivity index (χ0n) is 16.2. The summed E-state index contributed by atoms with van der Waals surface area (Å²) in [5.74, 6) is 0.145. The summed E-state index contributed by atoms with van der Waals surface area (Å²) in [6.45, 7) is 3.92. The van der Waals surface area contributed by atoms with Crippen LogP contribution in [0.5, 0.6) is 0 Å². The van der Waals surface area contributed by atoms with Gasteiger partial charge in [0.2, 0.25) is 5.91 Å². The first kappa shape index (κ1) is 19.2. The average Bonchev–Trinajstić information content (AvgIpc) is 3.21. The van der Waals surface area contributed by atoms with E-state index in [9.17, 15) is 9.59 Å². The van der Waals surface area contributed by atoms with Crippen LogP contribution in [0.2, 0.25) is 5.02 Å². The summed E-state index contributed by atoms with van der Waals surface area (Å²) in [5.41, 5.74) is 4.33. The van der Waals surface area contributed by atoms with Gasteiger partial charge in [0.1, 0.15) is 11.9 Å². The molecule has 0 saturated carbocycles. The Balaban J connectivity index is 1.59. The number of amides is 2. The third-order valence-corrected chi connectivity index (χ3v) is 5.46. The number of carbonyl (C=O) groups is 2. The molecular formula is C22H21ClN4O2. The molecule has 0 fully saturated rings. The Morgan fingerprint density at radius 1 is 1.24 bits per heavy atom. The predicted molar refractivity (Wildman–Crippen MR) is 114 cm³/mol. The second-order valence-electron chi connectivity index (χ2n) is 7.06. The van der Waals surface area contributed by atoms with Gasteiger partial charge in [0, 0.05) is 16.3 Å². The summed E-state index contributed by atoms with van der Waals surface area (Å²) >= 11 is 6.12. The average molecular weight is 409 g/mol. The van der Waals surface area contributed by atoms with Crippen molar-refractivity contribution in [1.29, 1.82) is 0 Å². The van der Waals surface area contributed by atoms with Crippen molar-refractivity contribution in [1.82, 2.24) is 9.78 Å². The number of aromatic nitrogens is 2. The molecule has 0 saturated heterocycles. The van der Waals surface area contributed by atoms with Crippen LogP contribution >= 0.6 is 11.6 Å². The number of carbonyl (C=O) groups excluding carboxylic acids is 2. The van der Waals surface area contributed by atoms with E-state index in [4.69, 9.17) is 11.6 Å². The lowest BCUT2D eigenvalue weighted by molar-refractivity contribution is -0.123. The molecule has 2 N–H and O–H groups in total. The summed E-state index contributed by atoms with van der Waals surface area (Å²) < 4.78 is 1.64. The van der Waals surface area contributed by atoms with E-state index in [1.54, 1.807) is 16.8 Å². The minimum Gasteiger partial charge on any atom is -0.326 e. The molecule has 1 atom stereocenters. The van der Waals surface area contributed by atoms with E-state index in [1.165, 1.54) is 0 Å². The molecule has 1 aliphatic heterocycles. The Kier molecular flexibility index (Phi) is 5.11. The number of benzene rings is 2. The van der Waals surface area contributed by atoms with E-state index in [-0.39, 0.29) is 18.2 Å². The normalized spacial score (nSPS) is 15.1. The Morgan fingerprint density at radius 3 is 2.69 bits per heavy atom. The fourth-order valence-electron chi connectivity index (χ4n) is 3.53. The first-order valence-corrected chi connectivity index (χ1v) is 9.89. The number of nitrogens with one attached hydrogen (secondary N) is 2. The van der Waals surface area contributed by atoms with E-state index in [0.29, 0.717) is 16.5 Å². The molecule has 0 spiro atoms. The molecule has 2 aromatic carbocycles. The molecular weight excluding hydrogens is 388 g/mol. The molecule has 2 heterocycles. The first-order chi connectivity index (χ1) is 14.0. The van der Waals surface area contributed by atoms with Crippen molar-refractivity contribution in [2.75, 3.05) is 10.6 Å². The van der Waals surface area contributed by atoms with Gasteiger partial charge in [0.05, 0.1) is 12.1 Å². The predicted octanol–water partition coefficient (Wildman–Crippen LogP) is 4.60. The molecule has 0 bridgehead atoms. The zero-order chi connectivity index (χ0) is 20.5. The molecule has 0 radical (unpaired) electrons. The third kappa shape index (κ3) is 3.63. The van der Waals surface area contributed by atoms with E-state index >= 15 is 0 Å². The molecule has 29 heavy (non-hydrogen) atoms. The molecule has 1 aliphatic rings. The van der Waals surface area contributed by atoms with Crippen molar-refractivity contribution >= 4 is 34.9 Å². The Labute approximate surface area is 173 Å². The number of halogens is 1. The molecule has 2 amide bonds. The van der Waals surface area contributed by atoms with E-state index < -0.39 is 6.04 Å². The molecule has 0 aliphatic carbocycles. The summed E-state index contributed by atoms with van der Waals surface area (Å²) in [6, 6.07) is 14.5. The largest absolute Gasteiger partial charge is 0.326 e. The topological polar surface area (TPSA) is 76.0 Å². The molecule has 4 rings (SSSR count). The van der Waals surface area contributed by atoms with Gasteiger partial charge < -0.3 is 10.6 Å². The maximum atomic E-state index is 12.6. The van der Waals surface area contributed by atoms with E-state index in [2.05, 4.69) is 15.7 Å². The lowest BCUT2D eigenvalue weighted by atomic mass is 10.0. The van der Waals surface area contributed by atoms with Crippen LogP contribution in [0.25, 0.3) is 11.1 Å². The van der Waals surface area contributed by atoms with Crippen molar-refractivity contribution in [3.8, 4) is 11.1 Å². The van der Waals surface area contributed by atoms with Crippen LogP contribution in [0.4, 0.5) is 11.5 Å². The number of hydrogen-bond acceptors (Lipinski definition) is 3. The van der Waals surface area contributed by atoms with Crippen LogP contribution in [0.3, 0.4) is 0 Å². The molecule has 3 aromatic rings. The Morgan fingerprint density at radius 2 is 2.00 bits per heavy atom. The second kappa shape index (κ2) is 7.72. The Hall–Kier alpha value is -3.12. The van der Waals surface area contributed by atoms with Gasteiger partial charge in [-0.25, -0.2) is 4.68 Å². The number of fused-ring (bicyclic) bond motifs is 1. The number of anilines is 2. The number of nitrogens with zero attached hydrogens (tertiary/aromatic N) is 2. The summed E-state index contributed by atoms with van der Waals surface area (Å²) in [5, 5.41) is 10.9. The zero-order valence-corrected chi connectivity index (χ0v) is 17.0. The van der Waals surface area contributed by atoms with Crippen LogP contribution < -0.4 is 10.6 Å². The molecule has 148 valence electrons. The maximum Gasteiger partial charge on any atom is 0.251 e. The third-order valence-electron chi connectivity index (χ3n) is 5.05. The summed E-state index contributed by atoms with van der Waals surface area (Å²) in [4.78, 5) is 25.2. The van der Waals surface area contributed by atoms with Crippen LogP contribution in [-0.2, 0) is 16.0 Å². The number of rotatable bonds is 5. The van der Waals surface area contributed by atoms with Crippen molar-refractivity contribution in [2.24, 2.45) is 0 Å². The Bertz CT molecular complexity index is 1090. The van der Waals surface area contributed by atoms with Crippen LogP contribution in [-0.4, -0.2) is 21.6 Å². The molecule has 1 unspecified atom stereocenters. The van der Waals surface area contributed by atoms with Crippen LogP contribution in [0.1, 0.15) is 30.6 Å². The molecule has 1 aromatic heterocycles. The van der Waals surface area contributed by atoms with Crippen molar-refractivity contribution in [2.45, 2.75) is 32.7 Å². The lowest BCUT2D eigenvalue weighted by Gasteiger charge is -2.11. The van der Waals surface area contributed by atoms with Gasteiger partial charge in [-0.05, 0) is 36.6 Å². The van der Waals surface area contributed by atoms with Gasteiger partial charge in [-0.2, -0.15) is 5.10 Å². The monoisotopic (exact) mass is 408 g/mol. The highest BCUT2D eigenvalue weighted by molar-refractivity contribution is 6.31. The SMILES string of the molecule is CCc1nn2c(c1-c1ccccc1)NC(=O)C2CC(=O)Nc1ccc(C)c(Cl)c1. The van der Waals surface area contributed by atoms with E-state index in [0.717, 1.165) is 28.8 Å². The van der Waals surface area contributed by atoms with Crippen LogP contribution in [0, 0.1) is 6.92 Å².